The standard InChI is InChI=1S/C8H8FNO.ClH/c9-6-3-1-2-5-7(10)4-11-8(5)6;/h1-3,7H,4,10H2;1H/t7-;/m0./s1. The van der Waals surface area contributed by atoms with Gasteiger partial charge in [0.15, 0.2) is 11.6 Å². The lowest BCUT2D eigenvalue weighted by molar-refractivity contribution is 0.319. The molecule has 0 unspecified atom stereocenters. The Kier molecular flexibility index (Phi) is 2.55. The van der Waals surface area contributed by atoms with Crippen LogP contribution >= 0.6 is 12.4 Å². The SMILES string of the molecule is Cl.N[C@H]1COc2c(F)cccc21. The topological polar surface area (TPSA) is 35.2 Å². The van der Waals surface area contributed by atoms with Crippen molar-refractivity contribution in [3.05, 3.63) is 29.6 Å². The molecule has 4 heteroatoms. The van der Waals surface area contributed by atoms with Gasteiger partial charge in [0.05, 0.1) is 6.04 Å². The van der Waals surface area contributed by atoms with Crippen molar-refractivity contribution in [1.29, 1.82) is 0 Å². The molecule has 1 aromatic rings. The number of rotatable bonds is 0. The molecule has 0 saturated heterocycles. The van der Waals surface area contributed by atoms with Crippen molar-refractivity contribution in [2.45, 2.75) is 6.04 Å². The van der Waals surface area contributed by atoms with Gasteiger partial charge in [-0.1, -0.05) is 12.1 Å². The number of benzene rings is 1. The fraction of sp³-hybridized carbons (Fsp3) is 0.250. The number of hydrogen-bond acceptors (Lipinski definition) is 2. The molecule has 0 fully saturated rings. The molecule has 0 amide bonds. The van der Waals surface area contributed by atoms with E-state index in [2.05, 4.69) is 0 Å². The molecule has 0 spiro atoms. The van der Waals surface area contributed by atoms with Crippen molar-refractivity contribution in [3.8, 4) is 5.75 Å². The van der Waals surface area contributed by atoms with Gasteiger partial charge in [0.2, 0.25) is 0 Å². The van der Waals surface area contributed by atoms with Gasteiger partial charge in [-0.2, -0.15) is 0 Å². The van der Waals surface area contributed by atoms with Crippen LogP contribution in [-0.2, 0) is 0 Å². The summed E-state index contributed by atoms with van der Waals surface area (Å²) in [5.74, 6) is -0.00421. The molecule has 12 heavy (non-hydrogen) atoms. The molecular weight excluding hydrogens is 181 g/mol. The van der Waals surface area contributed by atoms with E-state index in [1.807, 2.05) is 0 Å². The van der Waals surface area contributed by atoms with Crippen LogP contribution in [0, 0.1) is 5.82 Å². The summed E-state index contributed by atoms with van der Waals surface area (Å²) in [5.41, 5.74) is 6.39. The molecule has 66 valence electrons. The lowest BCUT2D eigenvalue weighted by Crippen LogP contribution is -2.10. The molecule has 1 heterocycles. The normalized spacial score (nSPS) is 19.3. The lowest BCUT2D eigenvalue weighted by Gasteiger charge is -1.99. The lowest BCUT2D eigenvalue weighted by atomic mass is 10.1. The Labute approximate surface area is 75.9 Å². The van der Waals surface area contributed by atoms with E-state index in [-0.39, 0.29) is 24.3 Å². The van der Waals surface area contributed by atoms with Gasteiger partial charge in [0.25, 0.3) is 0 Å². The quantitative estimate of drug-likeness (QED) is 0.674. The Morgan fingerprint density at radius 3 is 2.92 bits per heavy atom. The largest absolute Gasteiger partial charge is 0.488 e. The van der Waals surface area contributed by atoms with Crippen LogP contribution < -0.4 is 10.5 Å². The van der Waals surface area contributed by atoms with E-state index < -0.39 is 0 Å². The summed E-state index contributed by atoms with van der Waals surface area (Å²) in [5, 5.41) is 0. The molecule has 0 bridgehead atoms. The second kappa shape index (κ2) is 3.29. The highest BCUT2D eigenvalue weighted by atomic mass is 35.5. The first-order valence-corrected chi connectivity index (χ1v) is 3.46. The second-order valence-electron chi connectivity index (χ2n) is 2.58. The van der Waals surface area contributed by atoms with E-state index in [1.165, 1.54) is 6.07 Å². The van der Waals surface area contributed by atoms with Crippen LogP contribution in [-0.4, -0.2) is 6.61 Å². The maximum Gasteiger partial charge on any atom is 0.165 e. The summed E-state index contributed by atoms with van der Waals surface area (Å²) < 4.78 is 17.9. The molecule has 1 atom stereocenters. The molecule has 0 aromatic heterocycles. The molecule has 2 rings (SSSR count). The average Bonchev–Trinajstić information content (AvgIpc) is 2.35. The minimum atomic E-state index is -0.324. The highest BCUT2D eigenvalue weighted by Crippen LogP contribution is 2.32. The predicted molar refractivity (Wildman–Crippen MR) is 46.1 cm³/mol. The zero-order chi connectivity index (χ0) is 7.84. The Hall–Kier alpha value is -0.800. The summed E-state index contributed by atoms with van der Waals surface area (Å²) in [4.78, 5) is 0. The number of halogens is 2. The zero-order valence-electron chi connectivity index (χ0n) is 6.29. The molecule has 0 saturated carbocycles. The van der Waals surface area contributed by atoms with Crippen LogP contribution in [0.25, 0.3) is 0 Å². The van der Waals surface area contributed by atoms with E-state index >= 15 is 0 Å². The van der Waals surface area contributed by atoms with E-state index in [0.717, 1.165) is 5.56 Å². The highest BCUT2D eigenvalue weighted by molar-refractivity contribution is 5.85. The summed E-state index contributed by atoms with van der Waals surface area (Å²) >= 11 is 0. The van der Waals surface area contributed by atoms with Gasteiger partial charge in [-0.3, -0.25) is 0 Å². The second-order valence-corrected chi connectivity index (χ2v) is 2.58. The molecule has 1 aliphatic rings. The van der Waals surface area contributed by atoms with Crippen molar-refractivity contribution in [2.24, 2.45) is 5.73 Å². The summed E-state index contributed by atoms with van der Waals surface area (Å²) in [7, 11) is 0. The molecule has 1 aromatic carbocycles. The van der Waals surface area contributed by atoms with Gasteiger partial charge in [0.1, 0.15) is 6.61 Å². The first-order chi connectivity index (χ1) is 5.29. The third-order valence-electron chi connectivity index (χ3n) is 1.80. The minimum absolute atomic E-state index is 0. The van der Waals surface area contributed by atoms with Gasteiger partial charge in [-0.05, 0) is 6.07 Å². The third kappa shape index (κ3) is 1.26. The van der Waals surface area contributed by atoms with Crippen LogP contribution in [0.3, 0.4) is 0 Å². The fourth-order valence-electron chi connectivity index (χ4n) is 1.23. The van der Waals surface area contributed by atoms with Gasteiger partial charge in [-0.25, -0.2) is 4.39 Å². The van der Waals surface area contributed by atoms with Gasteiger partial charge in [-0.15, -0.1) is 12.4 Å². The average molecular weight is 190 g/mol. The maximum absolute atomic E-state index is 12.9. The minimum Gasteiger partial charge on any atom is -0.488 e. The molecular formula is C8H9ClFNO. The van der Waals surface area contributed by atoms with E-state index in [4.69, 9.17) is 10.5 Å². The van der Waals surface area contributed by atoms with Crippen molar-refractivity contribution in [1.82, 2.24) is 0 Å². The van der Waals surface area contributed by atoms with Gasteiger partial charge >= 0.3 is 0 Å². The number of ether oxygens (including phenoxy) is 1. The number of fused-ring (bicyclic) bond motifs is 1. The van der Waals surface area contributed by atoms with Crippen molar-refractivity contribution >= 4 is 12.4 Å². The number of para-hydroxylation sites is 1. The van der Waals surface area contributed by atoms with E-state index in [1.54, 1.807) is 12.1 Å². The van der Waals surface area contributed by atoms with Crippen LogP contribution in [0.15, 0.2) is 18.2 Å². The van der Waals surface area contributed by atoms with Crippen LogP contribution in [0.4, 0.5) is 4.39 Å². The monoisotopic (exact) mass is 189 g/mol. The smallest absolute Gasteiger partial charge is 0.165 e. The molecule has 0 aliphatic carbocycles. The zero-order valence-corrected chi connectivity index (χ0v) is 7.10. The first kappa shape index (κ1) is 9.29. The summed E-state index contributed by atoms with van der Waals surface area (Å²) in [6, 6.07) is 4.64. The van der Waals surface area contributed by atoms with Gasteiger partial charge in [0, 0.05) is 5.56 Å². The van der Waals surface area contributed by atoms with E-state index in [0.29, 0.717) is 12.4 Å². The molecule has 1 aliphatic heterocycles. The fourth-order valence-corrected chi connectivity index (χ4v) is 1.23. The molecule has 2 nitrogen and oxygen atoms in total. The Morgan fingerprint density at radius 2 is 2.25 bits per heavy atom. The number of hydrogen-bond donors (Lipinski definition) is 1. The first-order valence-electron chi connectivity index (χ1n) is 3.46. The van der Waals surface area contributed by atoms with Crippen molar-refractivity contribution in [3.63, 3.8) is 0 Å². The summed E-state index contributed by atoms with van der Waals surface area (Å²) in [6.45, 7) is 0.385. The molecule has 0 radical (unpaired) electrons. The van der Waals surface area contributed by atoms with Crippen LogP contribution in [0.5, 0.6) is 5.75 Å². The van der Waals surface area contributed by atoms with Gasteiger partial charge < -0.3 is 10.5 Å². The highest BCUT2D eigenvalue weighted by Gasteiger charge is 2.22. The Bertz CT molecular complexity index is 292. The summed E-state index contributed by atoms with van der Waals surface area (Å²) in [6.07, 6.45) is 0. The van der Waals surface area contributed by atoms with E-state index in [9.17, 15) is 4.39 Å². The third-order valence-corrected chi connectivity index (χ3v) is 1.80. The molecule has 2 N–H and O–H groups in total. The Balaban J connectivity index is 0.000000720. The number of nitrogens with two attached hydrogens (primary N) is 1. The van der Waals surface area contributed by atoms with Crippen molar-refractivity contribution in [2.75, 3.05) is 6.61 Å². The van der Waals surface area contributed by atoms with Crippen LogP contribution in [0.2, 0.25) is 0 Å². The maximum atomic E-state index is 12.9. The van der Waals surface area contributed by atoms with Crippen LogP contribution in [0.1, 0.15) is 11.6 Å². The predicted octanol–water partition coefficient (Wildman–Crippen LogP) is 1.64. The van der Waals surface area contributed by atoms with Crippen molar-refractivity contribution < 1.29 is 9.13 Å². The Morgan fingerprint density at radius 1 is 1.50 bits per heavy atom.